The maximum Gasteiger partial charge on any atom is 0.335 e. The number of fused-ring (bicyclic) bond motifs is 1. The Kier molecular flexibility index (Phi) is 3.76. The number of carboxylic acid groups (broad SMARTS) is 1. The van der Waals surface area contributed by atoms with Crippen LogP contribution in [-0.2, 0) is 17.1 Å². The zero-order valence-corrected chi connectivity index (χ0v) is 13.8. The van der Waals surface area contributed by atoms with E-state index in [0.29, 0.717) is 11.2 Å². The number of benzene rings is 2. The van der Waals surface area contributed by atoms with Crippen molar-refractivity contribution in [1.29, 1.82) is 0 Å². The zero-order valence-electron chi connectivity index (χ0n) is 13.0. The Morgan fingerprint density at radius 2 is 1.83 bits per heavy atom. The molecule has 0 aliphatic heterocycles. The van der Waals surface area contributed by atoms with Crippen molar-refractivity contribution >= 4 is 32.7 Å². The van der Waals surface area contributed by atoms with Gasteiger partial charge in [-0.1, -0.05) is 0 Å². The van der Waals surface area contributed by atoms with Gasteiger partial charge in [-0.3, -0.25) is 4.72 Å². The van der Waals surface area contributed by atoms with Gasteiger partial charge < -0.3 is 9.67 Å². The van der Waals surface area contributed by atoms with Crippen molar-refractivity contribution in [1.82, 2.24) is 9.55 Å². The van der Waals surface area contributed by atoms with Gasteiger partial charge in [0.15, 0.2) is 0 Å². The lowest BCUT2D eigenvalue weighted by Crippen LogP contribution is -2.13. The van der Waals surface area contributed by atoms with Gasteiger partial charge in [0, 0.05) is 7.05 Å². The van der Waals surface area contributed by atoms with Crippen LogP contribution in [0.2, 0.25) is 0 Å². The molecule has 0 bridgehead atoms. The van der Waals surface area contributed by atoms with Crippen molar-refractivity contribution in [3.05, 3.63) is 53.9 Å². The summed E-state index contributed by atoms with van der Waals surface area (Å²) in [5.41, 5.74) is 2.01. The molecule has 0 spiro atoms. The van der Waals surface area contributed by atoms with Gasteiger partial charge in [-0.05, 0) is 49.4 Å². The highest BCUT2D eigenvalue weighted by molar-refractivity contribution is 7.92. The van der Waals surface area contributed by atoms with Crippen molar-refractivity contribution < 1.29 is 18.3 Å². The number of hydrogen-bond acceptors (Lipinski definition) is 4. The van der Waals surface area contributed by atoms with Crippen LogP contribution in [0.1, 0.15) is 16.2 Å². The summed E-state index contributed by atoms with van der Waals surface area (Å²) >= 11 is 0. The monoisotopic (exact) mass is 345 g/mol. The van der Waals surface area contributed by atoms with Gasteiger partial charge in [0.05, 0.1) is 27.2 Å². The molecule has 0 fully saturated rings. The molecule has 0 saturated heterocycles. The van der Waals surface area contributed by atoms with E-state index in [4.69, 9.17) is 5.11 Å². The molecule has 0 atom stereocenters. The number of sulfonamides is 1. The van der Waals surface area contributed by atoms with E-state index in [9.17, 15) is 13.2 Å². The molecule has 0 saturated carbocycles. The third-order valence-electron chi connectivity index (χ3n) is 3.77. The van der Waals surface area contributed by atoms with Crippen LogP contribution in [0.5, 0.6) is 0 Å². The summed E-state index contributed by atoms with van der Waals surface area (Å²) in [5, 5.41) is 8.86. The highest BCUT2D eigenvalue weighted by atomic mass is 32.2. The number of carbonyl (C=O) groups is 1. The van der Waals surface area contributed by atoms with Crippen molar-refractivity contribution in [2.75, 3.05) is 4.72 Å². The molecule has 3 rings (SSSR count). The molecule has 8 heteroatoms. The summed E-state index contributed by atoms with van der Waals surface area (Å²) in [5.74, 6) is -0.280. The number of imidazole rings is 1. The molecule has 0 radical (unpaired) electrons. The SMILES string of the molecule is Cc1nc2cc(NS(=O)(=O)c3ccc(C(=O)O)cc3)ccc2n1C. The highest BCUT2D eigenvalue weighted by Crippen LogP contribution is 2.22. The fourth-order valence-corrected chi connectivity index (χ4v) is 3.42. The van der Waals surface area contributed by atoms with Gasteiger partial charge in [-0.25, -0.2) is 18.2 Å². The summed E-state index contributed by atoms with van der Waals surface area (Å²) in [6.07, 6.45) is 0. The van der Waals surface area contributed by atoms with E-state index < -0.39 is 16.0 Å². The molecule has 0 aliphatic carbocycles. The van der Waals surface area contributed by atoms with Crippen LogP contribution in [-0.4, -0.2) is 29.0 Å². The standard InChI is InChI=1S/C16H15N3O4S/c1-10-17-14-9-12(5-8-15(14)19(10)2)18-24(22,23)13-6-3-11(4-7-13)16(20)21/h3-9,18H,1-2H3,(H,20,21). The van der Waals surface area contributed by atoms with Crippen molar-refractivity contribution in [2.24, 2.45) is 7.05 Å². The molecule has 2 aromatic carbocycles. The van der Waals surface area contributed by atoms with Crippen LogP contribution < -0.4 is 4.72 Å². The lowest BCUT2D eigenvalue weighted by Gasteiger charge is -2.08. The predicted molar refractivity (Wildman–Crippen MR) is 89.7 cm³/mol. The normalized spacial score (nSPS) is 11.6. The minimum Gasteiger partial charge on any atom is -0.478 e. The minimum absolute atomic E-state index is 0.00945. The average molecular weight is 345 g/mol. The number of aromatic nitrogens is 2. The van der Waals surface area contributed by atoms with E-state index in [2.05, 4.69) is 9.71 Å². The van der Waals surface area contributed by atoms with Crippen LogP contribution in [0.15, 0.2) is 47.4 Å². The number of nitrogens with one attached hydrogen (secondary N) is 1. The third-order valence-corrected chi connectivity index (χ3v) is 5.17. The summed E-state index contributed by atoms with van der Waals surface area (Å²) in [6.45, 7) is 1.87. The molecule has 7 nitrogen and oxygen atoms in total. The number of aryl methyl sites for hydroxylation is 2. The number of aromatic carboxylic acids is 1. The Bertz CT molecular complexity index is 1040. The second-order valence-electron chi connectivity index (χ2n) is 5.36. The van der Waals surface area contributed by atoms with Gasteiger partial charge >= 0.3 is 5.97 Å². The topological polar surface area (TPSA) is 101 Å². The number of rotatable bonds is 4. The van der Waals surface area contributed by atoms with Gasteiger partial charge in [0.2, 0.25) is 0 Å². The Labute approximate surface area is 138 Å². The van der Waals surface area contributed by atoms with Crippen LogP contribution in [0.25, 0.3) is 11.0 Å². The first-order valence-electron chi connectivity index (χ1n) is 7.07. The van der Waals surface area contributed by atoms with Crippen LogP contribution in [0.3, 0.4) is 0 Å². The molecule has 0 unspecified atom stereocenters. The Morgan fingerprint density at radius 1 is 1.17 bits per heavy atom. The summed E-state index contributed by atoms with van der Waals surface area (Å²) in [6, 6.07) is 10.1. The zero-order chi connectivity index (χ0) is 17.5. The number of nitrogens with zero attached hydrogens (tertiary/aromatic N) is 2. The molecule has 0 amide bonds. The number of anilines is 1. The Balaban J connectivity index is 1.92. The smallest absolute Gasteiger partial charge is 0.335 e. The minimum atomic E-state index is -3.81. The van der Waals surface area contributed by atoms with Crippen LogP contribution in [0.4, 0.5) is 5.69 Å². The van der Waals surface area contributed by atoms with Crippen molar-refractivity contribution in [2.45, 2.75) is 11.8 Å². The second kappa shape index (κ2) is 5.64. The summed E-state index contributed by atoms with van der Waals surface area (Å²) < 4.78 is 29.2. The van der Waals surface area contributed by atoms with E-state index in [1.807, 2.05) is 18.5 Å². The maximum atomic E-state index is 12.4. The van der Waals surface area contributed by atoms with Crippen LogP contribution in [0, 0.1) is 6.92 Å². The van der Waals surface area contributed by atoms with Gasteiger partial charge in [-0.2, -0.15) is 0 Å². The Morgan fingerprint density at radius 3 is 2.46 bits per heavy atom. The van der Waals surface area contributed by atoms with Gasteiger partial charge in [-0.15, -0.1) is 0 Å². The lowest BCUT2D eigenvalue weighted by atomic mass is 10.2. The molecule has 2 N–H and O–H groups in total. The quantitative estimate of drug-likeness (QED) is 0.756. The van der Waals surface area contributed by atoms with Crippen LogP contribution >= 0.6 is 0 Å². The largest absolute Gasteiger partial charge is 0.478 e. The fraction of sp³-hybridized carbons (Fsp3) is 0.125. The first kappa shape index (κ1) is 16.0. The maximum absolute atomic E-state index is 12.4. The first-order chi connectivity index (χ1) is 11.3. The van der Waals surface area contributed by atoms with E-state index in [1.54, 1.807) is 18.2 Å². The first-order valence-corrected chi connectivity index (χ1v) is 8.55. The summed E-state index contributed by atoms with van der Waals surface area (Å²) in [4.78, 5) is 15.2. The van der Waals surface area contributed by atoms with Crippen molar-refractivity contribution in [3.8, 4) is 0 Å². The van der Waals surface area contributed by atoms with Gasteiger partial charge in [0.1, 0.15) is 5.82 Å². The Hall–Kier alpha value is -2.87. The highest BCUT2D eigenvalue weighted by Gasteiger charge is 2.16. The van der Waals surface area contributed by atoms with E-state index >= 15 is 0 Å². The number of carboxylic acids is 1. The van der Waals surface area contributed by atoms with Gasteiger partial charge in [0.25, 0.3) is 10.0 Å². The molecule has 1 aromatic heterocycles. The van der Waals surface area contributed by atoms with E-state index in [1.165, 1.54) is 24.3 Å². The molecule has 24 heavy (non-hydrogen) atoms. The average Bonchev–Trinajstić information content (AvgIpc) is 2.81. The molecule has 124 valence electrons. The molecular formula is C16H15N3O4S. The molecule has 0 aliphatic rings. The van der Waals surface area contributed by atoms with Crippen molar-refractivity contribution in [3.63, 3.8) is 0 Å². The van der Waals surface area contributed by atoms with E-state index in [-0.39, 0.29) is 10.5 Å². The number of hydrogen-bond donors (Lipinski definition) is 2. The second-order valence-corrected chi connectivity index (χ2v) is 7.04. The predicted octanol–water partition coefficient (Wildman–Crippen LogP) is 2.38. The fourth-order valence-electron chi connectivity index (χ4n) is 2.37. The molecular weight excluding hydrogens is 330 g/mol. The summed E-state index contributed by atoms with van der Waals surface area (Å²) in [7, 11) is -1.92. The molecule has 3 aromatic rings. The third kappa shape index (κ3) is 2.83. The van der Waals surface area contributed by atoms with E-state index in [0.717, 1.165) is 11.3 Å². The molecule has 1 heterocycles. The lowest BCUT2D eigenvalue weighted by molar-refractivity contribution is 0.0696.